The fourth-order valence-corrected chi connectivity index (χ4v) is 5.13. The molecule has 1 saturated heterocycles. The second kappa shape index (κ2) is 9.96. The predicted octanol–water partition coefficient (Wildman–Crippen LogP) is 4.42. The van der Waals surface area contributed by atoms with Crippen molar-refractivity contribution in [3.63, 3.8) is 0 Å². The Bertz CT molecular complexity index is 1600. The smallest absolute Gasteiger partial charge is 0.264 e. The van der Waals surface area contributed by atoms with Gasteiger partial charge in [0.2, 0.25) is 0 Å². The number of aliphatic hydroxyl groups is 1. The summed E-state index contributed by atoms with van der Waals surface area (Å²) in [6.07, 6.45) is 4.06. The van der Waals surface area contributed by atoms with Gasteiger partial charge in [-0.3, -0.25) is 14.3 Å². The molecular formula is C30H28FN5O2. The Morgan fingerprint density at radius 3 is 2.29 bits per heavy atom. The molecule has 6 rings (SSSR count). The first kappa shape index (κ1) is 24.2. The topological polar surface area (TPSA) is 76.2 Å². The van der Waals surface area contributed by atoms with Gasteiger partial charge in [0.1, 0.15) is 17.5 Å². The van der Waals surface area contributed by atoms with E-state index in [1.807, 2.05) is 18.2 Å². The summed E-state index contributed by atoms with van der Waals surface area (Å²) in [5.41, 5.74) is 3.41. The largest absolute Gasteiger partial charge is 0.388 e. The van der Waals surface area contributed by atoms with E-state index >= 15 is 0 Å². The van der Waals surface area contributed by atoms with Crippen molar-refractivity contribution < 1.29 is 9.50 Å². The minimum Gasteiger partial charge on any atom is -0.388 e. The second-order valence-electron chi connectivity index (χ2n) is 10.0. The Labute approximate surface area is 219 Å². The van der Waals surface area contributed by atoms with E-state index in [-0.39, 0.29) is 17.9 Å². The lowest BCUT2D eigenvalue weighted by atomic mass is 9.91. The average Bonchev–Trinajstić information content (AvgIpc) is 3.38. The standard InChI is InChI=1S/C30H28FN5O2/c31-25-10-12-26(13-11-25)36-28-27(18-33-36)29(37)35(21-32-28)20-30(38)14-16-34(17-15-30)19-22-6-8-24(9-7-22)23-4-2-1-3-5-23/h1-13,18,21,38H,14-17,19-20H2. The van der Waals surface area contributed by atoms with Crippen LogP contribution >= 0.6 is 0 Å². The average molecular weight is 510 g/mol. The molecule has 1 aliphatic rings. The molecule has 3 heterocycles. The lowest BCUT2D eigenvalue weighted by Gasteiger charge is -2.38. The van der Waals surface area contributed by atoms with Crippen LogP contribution in [0, 0.1) is 5.82 Å². The maximum absolute atomic E-state index is 13.3. The van der Waals surface area contributed by atoms with Gasteiger partial charge in [-0.2, -0.15) is 5.10 Å². The molecule has 5 aromatic rings. The number of benzene rings is 3. The lowest BCUT2D eigenvalue weighted by molar-refractivity contribution is -0.0364. The third-order valence-electron chi connectivity index (χ3n) is 7.34. The molecule has 0 bridgehead atoms. The van der Waals surface area contributed by atoms with Crippen molar-refractivity contribution in [2.45, 2.75) is 31.5 Å². The van der Waals surface area contributed by atoms with Crippen LogP contribution in [0.2, 0.25) is 0 Å². The number of aromatic nitrogens is 4. The van der Waals surface area contributed by atoms with Gasteiger partial charge in [-0.1, -0.05) is 54.6 Å². The first-order valence-electron chi connectivity index (χ1n) is 12.8. The molecule has 0 aliphatic carbocycles. The summed E-state index contributed by atoms with van der Waals surface area (Å²) < 4.78 is 16.3. The number of halogens is 1. The van der Waals surface area contributed by atoms with E-state index in [9.17, 15) is 14.3 Å². The van der Waals surface area contributed by atoms with Gasteiger partial charge in [-0.15, -0.1) is 0 Å². The molecular weight excluding hydrogens is 481 g/mol. The summed E-state index contributed by atoms with van der Waals surface area (Å²) in [7, 11) is 0. The lowest BCUT2D eigenvalue weighted by Crippen LogP contribution is -2.47. The van der Waals surface area contributed by atoms with E-state index in [1.54, 1.807) is 12.1 Å². The number of nitrogens with zero attached hydrogens (tertiary/aromatic N) is 5. The highest BCUT2D eigenvalue weighted by Crippen LogP contribution is 2.26. The third kappa shape index (κ3) is 4.88. The fourth-order valence-electron chi connectivity index (χ4n) is 5.13. The molecule has 7 nitrogen and oxygen atoms in total. The molecule has 3 aromatic carbocycles. The molecule has 0 spiro atoms. The molecule has 38 heavy (non-hydrogen) atoms. The normalized spacial score (nSPS) is 15.6. The summed E-state index contributed by atoms with van der Waals surface area (Å²) in [6.45, 7) is 2.48. The molecule has 1 fully saturated rings. The summed E-state index contributed by atoms with van der Waals surface area (Å²) in [4.78, 5) is 19.9. The Kier molecular flexibility index (Phi) is 6.35. The molecule has 0 radical (unpaired) electrons. The number of hydrogen-bond acceptors (Lipinski definition) is 5. The summed E-state index contributed by atoms with van der Waals surface area (Å²) >= 11 is 0. The van der Waals surface area contributed by atoms with Crippen LogP contribution < -0.4 is 5.56 Å². The fraction of sp³-hybridized carbons (Fsp3) is 0.233. The van der Waals surface area contributed by atoms with Crippen molar-refractivity contribution in [2.24, 2.45) is 0 Å². The Balaban J connectivity index is 1.11. The quantitative estimate of drug-likeness (QED) is 0.367. The van der Waals surface area contributed by atoms with E-state index in [0.717, 1.165) is 19.6 Å². The zero-order valence-electron chi connectivity index (χ0n) is 20.9. The molecule has 1 aliphatic heterocycles. The van der Waals surface area contributed by atoms with Crippen molar-refractivity contribution in [2.75, 3.05) is 13.1 Å². The Hall–Kier alpha value is -4.14. The van der Waals surface area contributed by atoms with Gasteiger partial charge in [-0.05, 0) is 53.8 Å². The van der Waals surface area contributed by atoms with Crippen LogP contribution in [0.15, 0.2) is 96.2 Å². The van der Waals surface area contributed by atoms with Crippen molar-refractivity contribution >= 4 is 11.0 Å². The number of likely N-dealkylation sites (tertiary alicyclic amines) is 1. The van der Waals surface area contributed by atoms with Gasteiger partial charge >= 0.3 is 0 Å². The summed E-state index contributed by atoms with van der Waals surface area (Å²) in [5.74, 6) is -0.346. The Morgan fingerprint density at radius 2 is 1.58 bits per heavy atom. The van der Waals surface area contributed by atoms with Crippen LogP contribution in [-0.2, 0) is 13.1 Å². The molecule has 1 N–H and O–H groups in total. The van der Waals surface area contributed by atoms with E-state index < -0.39 is 5.60 Å². The molecule has 0 atom stereocenters. The number of fused-ring (bicyclic) bond motifs is 1. The third-order valence-corrected chi connectivity index (χ3v) is 7.34. The minimum absolute atomic E-state index is 0.177. The maximum atomic E-state index is 13.3. The summed E-state index contributed by atoms with van der Waals surface area (Å²) in [6, 6.07) is 24.8. The van der Waals surface area contributed by atoms with E-state index in [4.69, 9.17) is 0 Å². The molecule has 8 heteroatoms. The van der Waals surface area contributed by atoms with Crippen molar-refractivity contribution in [3.05, 3.63) is 113 Å². The zero-order chi connectivity index (χ0) is 26.1. The van der Waals surface area contributed by atoms with E-state index in [0.29, 0.717) is 29.6 Å². The van der Waals surface area contributed by atoms with Gasteiger partial charge in [0.05, 0.1) is 24.0 Å². The van der Waals surface area contributed by atoms with Crippen LogP contribution in [0.4, 0.5) is 4.39 Å². The SMILES string of the molecule is O=c1c2cnn(-c3ccc(F)cc3)c2ncn1CC1(O)CCN(Cc2ccc(-c3ccccc3)cc2)CC1. The van der Waals surface area contributed by atoms with Crippen molar-refractivity contribution in [1.29, 1.82) is 0 Å². The molecule has 0 unspecified atom stereocenters. The van der Waals surface area contributed by atoms with Crippen LogP contribution in [0.1, 0.15) is 18.4 Å². The monoisotopic (exact) mass is 509 g/mol. The van der Waals surface area contributed by atoms with Gasteiger partial charge in [0.25, 0.3) is 5.56 Å². The van der Waals surface area contributed by atoms with Crippen molar-refractivity contribution in [3.8, 4) is 16.8 Å². The summed E-state index contributed by atoms with van der Waals surface area (Å²) in [5, 5.41) is 15.9. The number of piperidine rings is 1. The minimum atomic E-state index is -0.986. The van der Waals surface area contributed by atoms with Gasteiger partial charge < -0.3 is 5.11 Å². The maximum Gasteiger partial charge on any atom is 0.264 e. The van der Waals surface area contributed by atoms with Crippen LogP contribution in [0.5, 0.6) is 0 Å². The predicted molar refractivity (Wildman–Crippen MR) is 144 cm³/mol. The van der Waals surface area contributed by atoms with Crippen molar-refractivity contribution in [1.82, 2.24) is 24.2 Å². The number of rotatable bonds is 6. The highest BCUT2D eigenvalue weighted by molar-refractivity contribution is 5.74. The molecule has 0 saturated carbocycles. The van der Waals surface area contributed by atoms with Gasteiger partial charge in [-0.25, -0.2) is 14.1 Å². The Morgan fingerprint density at radius 1 is 0.895 bits per heavy atom. The highest BCUT2D eigenvalue weighted by Gasteiger charge is 2.33. The molecule has 192 valence electrons. The van der Waals surface area contributed by atoms with Crippen LogP contribution in [-0.4, -0.2) is 48.0 Å². The molecule has 0 amide bonds. The highest BCUT2D eigenvalue weighted by atomic mass is 19.1. The second-order valence-corrected chi connectivity index (χ2v) is 10.0. The van der Waals surface area contributed by atoms with E-state index in [2.05, 4.69) is 51.4 Å². The van der Waals surface area contributed by atoms with Crippen LogP contribution in [0.25, 0.3) is 27.8 Å². The van der Waals surface area contributed by atoms with Gasteiger partial charge in [0, 0.05) is 19.6 Å². The molecule has 2 aromatic heterocycles. The zero-order valence-corrected chi connectivity index (χ0v) is 20.9. The first-order valence-corrected chi connectivity index (χ1v) is 12.8. The first-order chi connectivity index (χ1) is 18.5. The van der Waals surface area contributed by atoms with E-state index in [1.165, 1.54) is 50.6 Å². The van der Waals surface area contributed by atoms with Gasteiger partial charge in [0.15, 0.2) is 5.65 Å². The van der Waals surface area contributed by atoms with Crippen LogP contribution in [0.3, 0.4) is 0 Å². The number of hydrogen-bond donors (Lipinski definition) is 1.